The molecule has 0 aliphatic heterocycles. The third kappa shape index (κ3) is 3.97. The van der Waals surface area contributed by atoms with E-state index in [1.165, 1.54) is 0 Å². The zero-order valence-electron chi connectivity index (χ0n) is 12.6. The Labute approximate surface area is 132 Å². The molecule has 0 spiro atoms. The Morgan fingerprint density at radius 2 is 1.96 bits per heavy atom. The van der Waals surface area contributed by atoms with Crippen LogP contribution < -0.4 is 5.32 Å². The topological polar surface area (TPSA) is 93.8 Å². The van der Waals surface area contributed by atoms with E-state index in [-0.39, 0.29) is 18.3 Å². The molecule has 3 rings (SSSR count). The van der Waals surface area contributed by atoms with E-state index in [0.29, 0.717) is 18.0 Å². The smallest absolute Gasteiger partial charge is 0.267 e. The minimum Gasteiger partial charge on any atom is -0.417 e. The molecule has 116 valence electrons. The quantitative estimate of drug-likeness (QED) is 0.771. The van der Waals surface area contributed by atoms with Gasteiger partial charge in [-0.15, -0.1) is 10.2 Å². The summed E-state index contributed by atoms with van der Waals surface area (Å²) >= 11 is 0. The molecule has 0 unspecified atom stereocenters. The van der Waals surface area contributed by atoms with Gasteiger partial charge in [0, 0.05) is 6.20 Å². The van der Waals surface area contributed by atoms with Crippen molar-refractivity contribution < 1.29 is 9.21 Å². The van der Waals surface area contributed by atoms with Crippen molar-refractivity contribution in [1.82, 2.24) is 25.5 Å². The van der Waals surface area contributed by atoms with Crippen LogP contribution in [0.3, 0.4) is 0 Å². The van der Waals surface area contributed by atoms with E-state index in [2.05, 4.69) is 25.5 Å². The molecule has 0 aliphatic rings. The predicted octanol–water partition coefficient (Wildman–Crippen LogP) is 1.69. The van der Waals surface area contributed by atoms with Crippen LogP contribution in [0.4, 0.5) is 0 Å². The highest BCUT2D eigenvalue weighted by atomic mass is 16.4. The fourth-order valence-electron chi connectivity index (χ4n) is 1.95. The van der Waals surface area contributed by atoms with Crippen molar-refractivity contribution in [3.63, 3.8) is 0 Å². The molecule has 23 heavy (non-hydrogen) atoms. The van der Waals surface area contributed by atoms with Gasteiger partial charge in [-0.3, -0.25) is 9.78 Å². The summed E-state index contributed by atoms with van der Waals surface area (Å²) in [5.41, 5.74) is 2.26. The molecule has 0 radical (unpaired) electrons. The van der Waals surface area contributed by atoms with E-state index >= 15 is 0 Å². The van der Waals surface area contributed by atoms with Crippen molar-refractivity contribution in [2.75, 3.05) is 0 Å². The van der Waals surface area contributed by atoms with Crippen LogP contribution in [0.2, 0.25) is 0 Å². The highest BCUT2D eigenvalue weighted by Crippen LogP contribution is 2.13. The first-order valence-corrected chi connectivity index (χ1v) is 7.13. The van der Waals surface area contributed by atoms with Gasteiger partial charge < -0.3 is 9.73 Å². The second kappa shape index (κ2) is 6.78. The molecule has 2 heterocycles. The molecule has 2 aromatic heterocycles. The Morgan fingerprint density at radius 1 is 1.13 bits per heavy atom. The number of rotatable bonds is 5. The lowest BCUT2D eigenvalue weighted by atomic mass is 10.1. The van der Waals surface area contributed by atoms with Crippen LogP contribution in [-0.2, 0) is 17.8 Å². The maximum absolute atomic E-state index is 11.9. The van der Waals surface area contributed by atoms with Crippen molar-refractivity contribution in [3.05, 3.63) is 59.9 Å². The van der Waals surface area contributed by atoms with E-state index in [9.17, 15) is 4.79 Å². The summed E-state index contributed by atoms with van der Waals surface area (Å²) in [6.07, 6.45) is 3.51. The summed E-state index contributed by atoms with van der Waals surface area (Å²) in [5, 5.41) is 10.6. The number of hydrogen-bond acceptors (Lipinski definition) is 6. The minimum atomic E-state index is -0.105. The third-order valence-corrected chi connectivity index (χ3v) is 3.11. The molecular weight excluding hydrogens is 294 g/mol. The average Bonchev–Trinajstić information content (AvgIpc) is 3.04. The Kier molecular flexibility index (Phi) is 4.37. The van der Waals surface area contributed by atoms with E-state index in [1.54, 1.807) is 12.4 Å². The van der Waals surface area contributed by atoms with Crippen LogP contribution in [0, 0.1) is 6.92 Å². The zero-order chi connectivity index (χ0) is 16.1. The second-order valence-electron chi connectivity index (χ2n) is 4.98. The van der Waals surface area contributed by atoms with Crippen LogP contribution >= 0.6 is 0 Å². The first kappa shape index (κ1) is 14.8. The summed E-state index contributed by atoms with van der Waals surface area (Å²) in [6.45, 7) is 2.02. The van der Waals surface area contributed by atoms with Crippen LogP contribution in [0.5, 0.6) is 0 Å². The van der Waals surface area contributed by atoms with Crippen molar-refractivity contribution in [2.24, 2.45) is 0 Å². The number of carbonyl (C=O) groups is 1. The second-order valence-corrected chi connectivity index (χ2v) is 4.98. The Hall–Kier alpha value is -3.09. The van der Waals surface area contributed by atoms with Crippen LogP contribution in [0.15, 0.2) is 47.1 Å². The molecule has 0 bridgehead atoms. The highest BCUT2D eigenvalue weighted by Gasteiger charge is 2.11. The van der Waals surface area contributed by atoms with Gasteiger partial charge in [0.25, 0.3) is 5.89 Å². The summed E-state index contributed by atoms with van der Waals surface area (Å²) in [5.74, 6) is 0.500. The molecule has 7 nitrogen and oxygen atoms in total. The van der Waals surface area contributed by atoms with Crippen LogP contribution in [0.1, 0.15) is 17.1 Å². The van der Waals surface area contributed by atoms with Gasteiger partial charge in [-0.1, -0.05) is 30.3 Å². The van der Waals surface area contributed by atoms with Gasteiger partial charge in [-0.25, -0.2) is 4.98 Å². The number of benzene rings is 1. The molecule has 1 aromatic carbocycles. The average molecular weight is 309 g/mol. The molecule has 0 saturated heterocycles. The number of amides is 1. The third-order valence-electron chi connectivity index (χ3n) is 3.11. The summed E-state index contributed by atoms with van der Waals surface area (Å²) in [7, 11) is 0. The largest absolute Gasteiger partial charge is 0.417 e. The maximum atomic E-state index is 11.9. The van der Waals surface area contributed by atoms with Gasteiger partial charge in [-0.05, 0) is 12.5 Å². The fourth-order valence-corrected chi connectivity index (χ4v) is 1.95. The normalized spacial score (nSPS) is 10.5. The number of aromatic nitrogens is 4. The summed E-state index contributed by atoms with van der Waals surface area (Å²) in [6, 6.07) is 9.52. The standard InChI is InChI=1S/C16H15N5O2/c1-11-8-18-13(9-17-11)16-21-20-15(23-16)10-19-14(22)7-12-5-3-2-4-6-12/h2-6,8-9H,7,10H2,1H3,(H,19,22). The van der Waals surface area contributed by atoms with Crippen molar-refractivity contribution in [2.45, 2.75) is 19.9 Å². The van der Waals surface area contributed by atoms with Crippen LogP contribution in [0.25, 0.3) is 11.6 Å². The lowest BCUT2D eigenvalue weighted by Gasteiger charge is -2.02. The van der Waals surface area contributed by atoms with Gasteiger partial charge in [0.2, 0.25) is 11.8 Å². The van der Waals surface area contributed by atoms with Crippen molar-refractivity contribution in [3.8, 4) is 11.6 Å². The first-order chi connectivity index (χ1) is 11.2. The van der Waals surface area contributed by atoms with E-state index < -0.39 is 0 Å². The molecule has 0 fully saturated rings. The molecule has 3 aromatic rings. The Balaban J connectivity index is 1.57. The summed E-state index contributed by atoms with van der Waals surface area (Å²) in [4.78, 5) is 20.2. The predicted molar refractivity (Wildman–Crippen MR) is 82.1 cm³/mol. The van der Waals surface area contributed by atoms with E-state index in [0.717, 1.165) is 11.3 Å². The summed E-state index contributed by atoms with van der Waals surface area (Å²) < 4.78 is 5.47. The SMILES string of the molecule is Cc1cnc(-c2nnc(CNC(=O)Cc3ccccc3)o2)cn1. The van der Waals surface area contributed by atoms with Crippen molar-refractivity contribution >= 4 is 5.91 Å². The van der Waals surface area contributed by atoms with Gasteiger partial charge in [0.1, 0.15) is 5.69 Å². The minimum absolute atomic E-state index is 0.105. The lowest BCUT2D eigenvalue weighted by molar-refractivity contribution is -0.120. The monoisotopic (exact) mass is 309 g/mol. The highest BCUT2D eigenvalue weighted by molar-refractivity contribution is 5.78. The van der Waals surface area contributed by atoms with Gasteiger partial charge in [0.15, 0.2) is 0 Å². The fraction of sp³-hybridized carbons (Fsp3) is 0.188. The molecule has 1 amide bonds. The molecule has 0 saturated carbocycles. The maximum Gasteiger partial charge on any atom is 0.267 e. The Bertz CT molecular complexity index is 784. The van der Waals surface area contributed by atoms with Crippen LogP contribution in [-0.4, -0.2) is 26.1 Å². The first-order valence-electron chi connectivity index (χ1n) is 7.13. The molecular formula is C16H15N5O2. The van der Waals surface area contributed by atoms with Gasteiger partial charge in [-0.2, -0.15) is 0 Å². The molecule has 1 N–H and O–H groups in total. The van der Waals surface area contributed by atoms with E-state index in [4.69, 9.17) is 4.42 Å². The van der Waals surface area contributed by atoms with Gasteiger partial charge >= 0.3 is 0 Å². The number of nitrogens with one attached hydrogen (secondary N) is 1. The molecule has 7 heteroatoms. The van der Waals surface area contributed by atoms with Gasteiger partial charge in [0.05, 0.1) is 24.9 Å². The van der Waals surface area contributed by atoms with Crippen molar-refractivity contribution in [1.29, 1.82) is 0 Å². The molecule has 0 atom stereocenters. The number of carbonyl (C=O) groups excluding carboxylic acids is 1. The zero-order valence-corrected chi connectivity index (χ0v) is 12.6. The number of nitrogens with zero attached hydrogens (tertiary/aromatic N) is 4. The Morgan fingerprint density at radius 3 is 2.70 bits per heavy atom. The molecule has 0 aliphatic carbocycles. The lowest BCUT2D eigenvalue weighted by Crippen LogP contribution is -2.24. The number of aryl methyl sites for hydroxylation is 1. The number of hydrogen-bond donors (Lipinski definition) is 1. The van der Waals surface area contributed by atoms with E-state index in [1.807, 2.05) is 37.3 Å².